The van der Waals surface area contributed by atoms with E-state index < -0.39 is 0 Å². The molecule has 0 aliphatic carbocycles. The number of piperidine rings is 1. The van der Waals surface area contributed by atoms with Gasteiger partial charge in [0.05, 0.1) is 6.04 Å². The third kappa shape index (κ3) is 5.96. The second-order valence-corrected chi connectivity index (χ2v) is 11.3. The topological polar surface area (TPSA) is 98.6 Å². The Balaban J connectivity index is 1.10. The van der Waals surface area contributed by atoms with E-state index in [1.807, 2.05) is 25.1 Å². The lowest BCUT2D eigenvalue weighted by atomic mass is 9.98. The van der Waals surface area contributed by atoms with Gasteiger partial charge < -0.3 is 29.5 Å². The smallest absolute Gasteiger partial charge is 0.321 e. The summed E-state index contributed by atoms with van der Waals surface area (Å²) in [6.45, 7) is 6.79. The summed E-state index contributed by atoms with van der Waals surface area (Å²) in [5.74, 6) is 0.412. The van der Waals surface area contributed by atoms with Crippen LogP contribution < -0.4 is 4.74 Å². The van der Waals surface area contributed by atoms with Gasteiger partial charge in [0.2, 0.25) is 5.88 Å². The monoisotopic (exact) mass is 558 g/mol. The first-order chi connectivity index (χ1) is 20.0. The van der Waals surface area contributed by atoms with Crippen LogP contribution in [0.15, 0.2) is 60.7 Å². The molecular formula is C32H38N4O5. The number of pyridine rings is 1. The number of aromatic nitrogens is 1. The number of nitrogens with zero attached hydrogens (tertiary/aromatic N) is 4. The highest BCUT2D eigenvalue weighted by molar-refractivity contribution is 5.78. The molecule has 0 unspecified atom stereocenters. The summed E-state index contributed by atoms with van der Waals surface area (Å²) >= 11 is 0. The van der Waals surface area contributed by atoms with Gasteiger partial charge >= 0.3 is 6.03 Å². The fraction of sp³-hybridized carbons (Fsp3) is 0.438. The standard InChI is InChI=1S/C32H38N4O5/c1-22-24(7-10-31(33-22)41-27-8-9-29(37)30(38)19-27)20-34-15-11-26(12-16-34)36-28(23-5-3-2-4-6-23)21-35(32(36)39)25-13-17-40-18-14-25/h2-10,19,25-26,28,37-38H,11-18,20-21H2,1H3/t28-/m0/s1. The molecule has 0 bridgehead atoms. The Kier molecular flexibility index (Phi) is 7.98. The highest BCUT2D eigenvalue weighted by Gasteiger charge is 2.45. The van der Waals surface area contributed by atoms with Gasteiger partial charge in [0, 0.05) is 69.3 Å². The summed E-state index contributed by atoms with van der Waals surface area (Å²) in [4.78, 5) is 25.2. The van der Waals surface area contributed by atoms with Crippen molar-refractivity contribution in [3.8, 4) is 23.1 Å². The molecule has 1 atom stereocenters. The van der Waals surface area contributed by atoms with Gasteiger partial charge in [-0.3, -0.25) is 4.90 Å². The van der Waals surface area contributed by atoms with E-state index in [0.717, 1.165) is 76.3 Å². The van der Waals surface area contributed by atoms with Crippen LogP contribution in [0.4, 0.5) is 4.79 Å². The Morgan fingerprint density at radius 3 is 2.39 bits per heavy atom. The van der Waals surface area contributed by atoms with E-state index in [-0.39, 0.29) is 35.7 Å². The predicted molar refractivity (Wildman–Crippen MR) is 154 cm³/mol. The molecule has 3 aliphatic rings. The normalized spacial score (nSPS) is 21.0. The second kappa shape index (κ2) is 12.0. The Morgan fingerprint density at radius 1 is 0.927 bits per heavy atom. The minimum absolute atomic E-state index is 0.0811. The number of benzene rings is 2. The van der Waals surface area contributed by atoms with Crippen LogP contribution in [0, 0.1) is 6.92 Å². The molecule has 0 spiro atoms. The van der Waals surface area contributed by atoms with Crippen molar-refractivity contribution in [1.29, 1.82) is 0 Å². The summed E-state index contributed by atoms with van der Waals surface area (Å²) < 4.78 is 11.3. The van der Waals surface area contributed by atoms with Crippen LogP contribution >= 0.6 is 0 Å². The Hall–Kier alpha value is -3.82. The fourth-order valence-corrected chi connectivity index (χ4v) is 6.36. The first-order valence-corrected chi connectivity index (χ1v) is 14.6. The van der Waals surface area contributed by atoms with Crippen molar-refractivity contribution in [2.45, 2.75) is 57.3 Å². The molecule has 9 heteroatoms. The molecular weight excluding hydrogens is 520 g/mol. The number of rotatable bonds is 7. The quantitative estimate of drug-likeness (QED) is 0.384. The summed E-state index contributed by atoms with van der Waals surface area (Å²) in [6, 6.07) is 19.4. The summed E-state index contributed by atoms with van der Waals surface area (Å²) in [5.41, 5.74) is 3.23. The largest absolute Gasteiger partial charge is 0.504 e. The number of aryl methyl sites for hydroxylation is 1. The average Bonchev–Trinajstić information content (AvgIpc) is 3.34. The third-order valence-corrected chi connectivity index (χ3v) is 8.67. The maximum Gasteiger partial charge on any atom is 0.321 e. The van der Waals surface area contributed by atoms with Gasteiger partial charge in [0.1, 0.15) is 5.75 Å². The van der Waals surface area contributed by atoms with E-state index in [4.69, 9.17) is 9.47 Å². The number of hydrogen-bond donors (Lipinski definition) is 2. The minimum Gasteiger partial charge on any atom is -0.504 e. The van der Waals surface area contributed by atoms with Gasteiger partial charge in [-0.05, 0) is 55.9 Å². The van der Waals surface area contributed by atoms with E-state index in [1.165, 1.54) is 17.7 Å². The molecule has 2 aromatic carbocycles. The van der Waals surface area contributed by atoms with Crippen LogP contribution in [0.25, 0.3) is 0 Å². The summed E-state index contributed by atoms with van der Waals surface area (Å²) in [5, 5.41) is 19.2. The van der Waals surface area contributed by atoms with Gasteiger partial charge in [0.25, 0.3) is 0 Å². The lowest BCUT2D eigenvalue weighted by Gasteiger charge is -2.39. The molecule has 0 saturated carbocycles. The third-order valence-electron chi connectivity index (χ3n) is 8.67. The lowest BCUT2D eigenvalue weighted by Crippen LogP contribution is -2.48. The number of carbonyl (C=O) groups is 1. The molecule has 3 saturated heterocycles. The molecule has 3 fully saturated rings. The molecule has 3 aromatic rings. The van der Waals surface area contributed by atoms with Crippen LogP contribution in [0.5, 0.6) is 23.1 Å². The van der Waals surface area contributed by atoms with Crippen molar-refractivity contribution in [2.24, 2.45) is 0 Å². The second-order valence-electron chi connectivity index (χ2n) is 11.3. The van der Waals surface area contributed by atoms with Crippen molar-refractivity contribution >= 4 is 6.03 Å². The van der Waals surface area contributed by atoms with Gasteiger partial charge in [-0.15, -0.1) is 0 Å². The number of hydrogen-bond acceptors (Lipinski definition) is 7. The average molecular weight is 559 g/mol. The van der Waals surface area contributed by atoms with Gasteiger partial charge in [-0.1, -0.05) is 36.4 Å². The molecule has 1 aromatic heterocycles. The number of amides is 2. The molecule has 2 N–H and O–H groups in total. The molecule has 0 radical (unpaired) electrons. The van der Waals surface area contributed by atoms with E-state index in [1.54, 1.807) is 6.07 Å². The van der Waals surface area contributed by atoms with E-state index in [0.29, 0.717) is 11.6 Å². The van der Waals surface area contributed by atoms with Crippen LogP contribution in [0.2, 0.25) is 0 Å². The molecule has 216 valence electrons. The number of ether oxygens (including phenoxy) is 2. The van der Waals surface area contributed by atoms with Gasteiger partial charge in [-0.2, -0.15) is 0 Å². The first-order valence-electron chi connectivity index (χ1n) is 14.6. The van der Waals surface area contributed by atoms with E-state index in [9.17, 15) is 15.0 Å². The predicted octanol–water partition coefficient (Wildman–Crippen LogP) is 5.22. The molecule has 6 rings (SSSR count). The number of phenols is 2. The highest BCUT2D eigenvalue weighted by Crippen LogP contribution is 2.37. The Morgan fingerprint density at radius 2 is 1.68 bits per heavy atom. The van der Waals surface area contributed by atoms with Crippen molar-refractivity contribution < 1.29 is 24.5 Å². The van der Waals surface area contributed by atoms with Crippen LogP contribution in [0.1, 0.15) is 48.5 Å². The SMILES string of the molecule is Cc1nc(Oc2ccc(O)c(O)c2)ccc1CN1CCC(N2C(=O)N(C3CCOCC3)C[C@H]2c2ccccc2)CC1. The van der Waals surface area contributed by atoms with Crippen LogP contribution in [-0.4, -0.2) is 80.9 Å². The maximum atomic E-state index is 13.9. The molecule has 41 heavy (non-hydrogen) atoms. The van der Waals surface area contributed by atoms with E-state index >= 15 is 0 Å². The molecule has 3 aliphatic heterocycles. The molecule has 2 amide bonds. The zero-order valence-electron chi connectivity index (χ0n) is 23.5. The van der Waals surface area contributed by atoms with Crippen LogP contribution in [0.3, 0.4) is 0 Å². The van der Waals surface area contributed by atoms with E-state index in [2.05, 4.69) is 43.9 Å². The van der Waals surface area contributed by atoms with Gasteiger partial charge in [0.15, 0.2) is 11.5 Å². The van der Waals surface area contributed by atoms with Crippen LogP contribution in [-0.2, 0) is 11.3 Å². The maximum absolute atomic E-state index is 13.9. The first kappa shape index (κ1) is 27.4. The summed E-state index contributed by atoms with van der Waals surface area (Å²) in [6.07, 6.45) is 3.70. The molecule has 4 heterocycles. The van der Waals surface area contributed by atoms with Crippen molar-refractivity contribution in [2.75, 3.05) is 32.8 Å². The zero-order chi connectivity index (χ0) is 28.3. The van der Waals surface area contributed by atoms with Crippen molar-refractivity contribution in [3.63, 3.8) is 0 Å². The lowest BCUT2D eigenvalue weighted by molar-refractivity contribution is 0.0493. The fourth-order valence-electron chi connectivity index (χ4n) is 6.36. The number of likely N-dealkylation sites (tertiary alicyclic amines) is 1. The number of phenolic OH excluding ortho intramolecular Hbond substituents is 2. The Bertz CT molecular complexity index is 1360. The Labute approximate surface area is 240 Å². The van der Waals surface area contributed by atoms with Gasteiger partial charge in [-0.25, -0.2) is 9.78 Å². The van der Waals surface area contributed by atoms with Crippen molar-refractivity contribution in [3.05, 3.63) is 77.5 Å². The number of carbonyl (C=O) groups excluding carboxylic acids is 1. The highest BCUT2D eigenvalue weighted by atomic mass is 16.5. The zero-order valence-corrected chi connectivity index (χ0v) is 23.5. The number of urea groups is 1. The number of aromatic hydroxyl groups is 2. The van der Waals surface area contributed by atoms with Crippen molar-refractivity contribution in [1.82, 2.24) is 19.7 Å². The minimum atomic E-state index is -0.235. The summed E-state index contributed by atoms with van der Waals surface area (Å²) in [7, 11) is 0. The molecule has 9 nitrogen and oxygen atoms in total.